The second-order valence-electron chi connectivity index (χ2n) is 6.64. The van der Waals surface area contributed by atoms with Gasteiger partial charge in [0.15, 0.2) is 0 Å². The van der Waals surface area contributed by atoms with Crippen molar-refractivity contribution in [1.29, 1.82) is 0 Å². The zero-order valence-electron chi connectivity index (χ0n) is 16.1. The van der Waals surface area contributed by atoms with Gasteiger partial charge < -0.3 is 19.1 Å². The van der Waals surface area contributed by atoms with Gasteiger partial charge in [-0.05, 0) is 48.0 Å². The SMILES string of the molecule is COc1ccc(-c2cc3c(=O)n(CC(O)c4cccc(OC)c4)ccn3n2)cc1. The van der Waals surface area contributed by atoms with Gasteiger partial charge in [-0.2, -0.15) is 5.10 Å². The lowest BCUT2D eigenvalue weighted by molar-refractivity contribution is 0.155. The van der Waals surface area contributed by atoms with Crippen LogP contribution in [0, 0.1) is 0 Å². The summed E-state index contributed by atoms with van der Waals surface area (Å²) < 4.78 is 13.4. The summed E-state index contributed by atoms with van der Waals surface area (Å²) >= 11 is 0. The molecule has 0 aliphatic heterocycles. The standard InChI is InChI=1S/C22H21N3O4/c1-28-17-8-6-15(7-9-17)19-13-20-22(27)24(10-11-25(20)23-19)14-21(26)16-4-3-5-18(12-16)29-2/h3-13,21,26H,14H2,1-2H3. The normalized spacial score (nSPS) is 12.1. The van der Waals surface area contributed by atoms with E-state index in [1.807, 2.05) is 24.3 Å². The predicted octanol–water partition coefficient (Wildman–Crippen LogP) is 2.91. The number of ether oxygens (including phenoxy) is 2. The molecule has 4 rings (SSSR count). The van der Waals surface area contributed by atoms with Gasteiger partial charge in [0.2, 0.25) is 0 Å². The third-order valence-electron chi connectivity index (χ3n) is 4.84. The van der Waals surface area contributed by atoms with E-state index in [9.17, 15) is 9.90 Å². The molecular weight excluding hydrogens is 370 g/mol. The summed E-state index contributed by atoms with van der Waals surface area (Å²) in [4.78, 5) is 12.9. The second-order valence-corrected chi connectivity index (χ2v) is 6.64. The molecule has 148 valence electrons. The van der Waals surface area contributed by atoms with E-state index >= 15 is 0 Å². The molecular formula is C22H21N3O4. The summed E-state index contributed by atoms with van der Waals surface area (Å²) in [6.07, 6.45) is 2.50. The largest absolute Gasteiger partial charge is 0.497 e. The van der Waals surface area contributed by atoms with Crippen molar-refractivity contribution in [3.8, 4) is 22.8 Å². The van der Waals surface area contributed by atoms with Crippen LogP contribution in [0.15, 0.2) is 71.8 Å². The molecule has 7 heteroatoms. The summed E-state index contributed by atoms with van der Waals surface area (Å²) in [6.45, 7) is 0.131. The molecule has 0 spiro atoms. The molecule has 29 heavy (non-hydrogen) atoms. The molecule has 4 aromatic rings. The molecule has 7 nitrogen and oxygen atoms in total. The molecule has 0 fully saturated rings. The number of fused-ring (bicyclic) bond motifs is 1. The van der Waals surface area contributed by atoms with Crippen LogP contribution in [0.1, 0.15) is 11.7 Å². The van der Waals surface area contributed by atoms with Gasteiger partial charge in [-0.1, -0.05) is 12.1 Å². The number of nitrogens with zero attached hydrogens (tertiary/aromatic N) is 3. The van der Waals surface area contributed by atoms with Crippen molar-refractivity contribution in [2.24, 2.45) is 0 Å². The first-order valence-electron chi connectivity index (χ1n) is 9.14. The molecule has 1 unspecified atom stereocenters. The van der Waals surface area contributed by atoms with Crippen LogP contribution < -0.4 is 15.0 Å². The molecule has 0 saturated carbocycles. The van der Waals surface area contributed by atoms with E-state index < -0.39 is 6.10 Å². The fourth-order valence-corrected chi connectivity index (χ4v) is 3.21. The van der Waals surface area contributed by atoms with E-state index in [1.54, 1.807) is 61.5 Å². The number of benzene rings is 2. The van der Waals surface area contributed by atoms with Gasteiger partial charge in [-0.3, -0.25) is 4.79 Å². The number of methoxy groups -OCH3 is 2. The highest BCUT2D eigenvalue weighted by atomic mass is 16.5. The predicted molar refractivity (Wildman–Crippen MR) is 109 cm³/mol. The van der Waals surface area contributed by atoms with Gasteiger partial charge >= 0.3 is 0 Å². The van der Waals surface area contributed by atoms with Crippen LogP contribution >= 0.6 is 0 Å². The molecule has 0 aliphatic carbocycles. The Morgan fingerprint density at radius 3 is 2.48 bits per heavy atom. The van der Waals surface area contributed by atoms with E-state index in [1.165, 1.54) is 4.57 Å². The molecule has 2 aromatic heterocycles. The van der Waals surface area contributed by atoms with E-state index in [0.717, 1.165) is 11.3 Å². The first-order chi connectivity index (χ1) is 14.1. The Morgan fingerprint density at radius 1 is 1.00 bits per heavy atom. The zero-order chi connectivity index (χ0) is 20.4. The number of hydrogen-bond donors (Lipinski definition) is 1. The van der Waals surface area contributed by atoms with Crippen LogP contribution in [0.4, 0.5) is 0 Å². The third kappa shape index (κ3) is 3.72. The Hall–Kier alpha value is -3.58. The highest BCUT2D eigenvalue weighted by Gasteiger charge is 2.14. The fourth-order valence-electron chi connectivity index (χ4n) is 3.21. The maximum atomic E-state index is 12.9. The maximum absolute atomic E-state index is 12.9. The van der Waals surface area contributed by atoms with Gasteiger partial charge in [0.05, 0.1) is 32.6 Å². The summed E-state index contributed by atoms with van der Waals surface area (Å²) in [6, 6.07) is 16.4. The van der Waals surface area contributed by atoms with Crippen LogP contribution in [0.5, 0.6) is 11.5 Å². The summed E-state index contributed by atoms with van der Waals surface area (Å²) in [7, 11) is 3.19. The highest BCUT2D eigenvalue weighted by Crippen LogP contribution is 2.22. The van der Waals surface area contributed by atoms with Gasteiger partial charge in [0, 0.05) is 18.0 Å². The number of rotatable bonds is 6. The van der Waals surface area contributed by atoms with Gasteiger partial charge in [0.1, 0.15) is 17.0 Å². The van der Waals surface area contributed by atoms with Crippen molar-refractivity contribution in [2.45, 2.75) is 12.6 Å². The van der Waals surface area contributed by atoms with Crippen molar-refractivity contribution >= 4 is 5.52 Å². The minimum atomic E-state index is -0.839. The lowest BCUT2D eigenvalue weighted by atomic mass is 10.1. The van der Waals surface area contributed by atoms with Crippen LogP contribution in [0.3, 0.4) is 0 Å². The number of aromatic nitrogens is 3. The third-order valence-corrected chi connectivity index (χ3v) is 4.84. The molecule has 2 heterocycles. The van der Waals surface area contributed by atoms with E-state index in [0.29, 0.717) is 22.5 Å². The lowest BCUT2D eigenvalue weighted by Gasteiger charge is -2.14. The van der Waals surface area contributed by atoms with Crippen molar-refractivity contribution in [3.05, 3.63) is 82.9 Å². The van der Waals surface area contributed by atoms with Gasteiger partial charge in [-0.25, -0.2) is 4.52 Å². The van der Waals surface area contributed by atoms with E-state index in [-0.39, 0.29) is 12.1 Å². The number of hydrogen-bond acceptors (Lipinski definition) is 5. The Morgan fingerprint density at radius 2 is 1.76 bits per heavy atom. The Balaban J connectivity index is 1.64. The smallest absolute Gasteiger partial charge is 0.276 e. The Bertz CT molecular complexity index is 1190. The average molecular weight is 391 g/mol. The zero-order valence-corrected chi connectivity index (χ0v) is 16.1. The summed E-state index contributed by atoms with van der Waals surface area (Å²) in [5, 5.41) is 15.1. The average Bonchev–Trinajstić information content (AvgIpc) is 3.21. The summed E-state index contributed by atoms with van der Waals surface area (Å²) in [5.74, 6) is 1.41. The van der Waals surface area contributed by atoms with Crippen LogP contribution in [0.25, 0.3) is 16.8 Å². The fraction of sp³-hybridized carbons (Fsp3) is 0.182. The Labute approximate surface area is 167 Å². The van der Waals surface area contributed by atoms with Crippen LogP contribution in [-0.2, 0) is 6.54 Å². The first kappa shape index (κ1) is 18.8. The minimum absolute atomic E-state index is 0.131. The number of aliphatic hydroxyl groups excluding tert-OH is 1. The van der Waals surface area contributed by atoms with Gasteiger partial charge in [-0.15, -0.1) is 0 Å². The minimum Gasteiger partial charge on any atom is -0.497 e. The highest BCUT2D eigenvalue weighted by molar-refractivity contribution is 5.66. The van der Waals surface area contributed by atoms with Crippen molar-refractivity contribution in [3.63, 3.8) is 0 Å². The van der Waals surface area contributed by atoms with E-state index in [4.69, 9.17) is 9.47 Å². The molecule has 0 bridgehead atoms. The van der Waals surface area contributed by atoms with Crippen molar-refractivity contribution < 1.29 is 14.6 Å². The lowest BCUT2D eigenvalue weighted by Crippen LogP contribution is -2.24. The molecule has 0 aliphatic rings. The molecule has 1 N–H and O–H groups in total. The quantitative estimate of drug-likeness (QED) is 0.547. The number of aliphatic hydroxyl groups is 1. The molecule has 1 atom stereocenters. The summed E-state index contributed by atoms with van der Waals surface area (Å²) in [5.41, 5.74) is 2.48. The Kier molecular flexibility index (Phi) is 5.05. The topological polar surface area (TPSA) is 78.0 Å². The monoisotopic (exact) mass is 391 g/mol. The van der Waals surface area contributed by atoms with Crippen molar-refractivity contribution in [2.75, 3.05) is 14.2 Å². The second kappa shape index (κ2) is 7.81. The van der Waals surface area contributed by atoms with Crippen molar-refractivity contribution in [1.82, 2.24) is 14.2 Å². The van der Waals surface area contributed by atoms with E-state index in [2.05, 4.69) is 5.10 Å². The molecule has 0 amide bonds. The maximum Gasteiger partial charge on any atom is 0.276 e. The van der Waals surface area contributed by atoms with Crippen LogP contribution in [-0.4, -0.2) is 33.5 Å². The first-order valence-corrected chi connectivity index (χ1v) is 9.14. The molecule has 2 aromatic carbocycles. The molecule has 0 radical (unpaired) electrons. The van der Waals surface area contributed by atoms with Gasteiger partial charge in [0.25, 0.3) is 5.56 Å². The molecule has 0 saturated heterocycles. The van der Waals surface area contributed by atoms with Crippen LogP contribution in [0.2, 0.25) is 0 Å².